The molecular weight excluding hydrogens is 437 g/mol. The van der Waals surface area contributed by atoms with Gasteiger partial charge in [-0.3, -0.25) is 9.36 Å². The van der Waals surface area contributed by atoms with Gasteiger partial charge >= 0.3 is 0 Å². The molecule has 1 amide bonds. The normalized spacial score (nSPS) is 10.7. The molecule has 0 radical (unpaired) electrons. The third-order valence-corrected chi connectivity index (χ3v) is 5.18. The monoisotopic (exact) mass is 453 g/mol. The molecule has 0 atom stereocenters. The summed E-state index contributed by atoms with van der Waals surface area (Å²) in [5, 5.41) is 3.54. The van der Waals surface area contributed by atoms with Crippen molar-refractivity contribution in [3.63, 3.8) is 0 Å². The first-order chi connectivity index (χ1) is 14.9. The topological polar surface area (TPSA) is 81.9 Å². The van der Waals surface area contributed by atoms with Crippen molar-refractivity contribution in [2.24, 2.45) is 0 Å². The molecule has 156 valence electrons. The summed E-state index contributed by atoms with van der Waals surface area (Å²) in [5.74, 6) is 1.28. The van der Waals surface area contributed by atoms with Gasteiger partial charge in [-0.2, -0.15) is 0 Å². The number of nitrogens with zero attached hydrogens (tertiary/aromatic N) is 4. The van der Waals surface area contributed by atoms with Crippen molar-refractivity contribution in [3.05, 3.63) is 88.2 Å². The molecule has 0 unspecified atom stereocenters. The van der Waals surface area contributed by atoms with Crippen molar-refractivity contribution in [1.29, 1.82) is 0 Å². The number of ether oxygens (including phenoxy) is 1. The van der Waals surface area contributed by atoms with Crippen LogP contribution >= 0.6 is 23.2 Å². The van der Waals surface area contributed by atoms with E-state index in [-0.39, 0.29) is 10.9 Å². The second-order valence-corrected chi connectivity index (χ2v) is 7.55. The zero-order valence-corrected chi connectivity index (χ0v) is 18.1. The van der Waals surface area contributed by atoms with Gasteiger partial charge in [0.2, 0.25) is 5.88 Å². The number of benzene rings is 2. The zero-order valence-electron chi connectivity index (χ0n) is 16.6. The number of hydrogen-bond acceptors (Lipinski definition) is 5. The van der Waals surface area contributed by atoms with E-state index >= 15 is 0 Å². The molecule has 2 aromatic carbocycles. The van der Waals surface area contributed by atoms with Gasteiger partial charge in [0.15, 0.2) is 0 Å². The van der Waals surface area contributed by atoms with E-state index in [1.54, 1.807) is 48.8 Å². The van der Waals surface area contributed by atoms with Gasteiger partial charge in [-0.05, 0) is 56.3 Å². The third kappa shape index (κ3) is 4.68. The number of imidazole rings is 1. The predicted molar refractivity (Wildman–Crippen MR) is 120 cm³/mol. The number of hydrogen-bond donors (Lipinski definition) is 1. The Bertz CT molecular complexity index is 1260. The highest BCUT2D eigenvalue weighted by atomic mass is 35.5. The number of aryl methyl sites for hydroxylation is 1. The first kappa shape index (κ1) is 20.8. The van der Waals surface area contributed by atoms with E-state index in [1.807, 2.05) is 18.4 Å². The van der Waals surface area contributed by atoms with Gasteiger partial charge in [-0.15, -0.1) is 0 Å². The number of amides is 1. The van der Waals surface area contributed by atoms with E-state index in [2.05, 4.69) is 20.3 Å². The number of halogens is 2. The Morgan fingerprint density at radius 1 is 1.00 bits per heavy atom. The van der Waals surface area contributed by atoms with Crippen molar-refractivity contribution < 1.29 is 9.53 Å². The molecule has 0 aliphatic rings. The SMILES string of the molecule is Cc1ncn(-c2cc(Oc3ccc(NC(=O)c4ccc(Cl)cc4Cl)cc3)ncn2)c1C. The molecule has 4 rings (SSSR count). The summed E-state index contributed by atoms with van der Waals surface area (Å²) in [6.45, 7) is 3.90. The second-order valence-electron chi connectivity index (χ2n) is 6.70. The maximum absolute atomic E-state index is 12.4. The molecule has 4 aromatic rings. The molecule has 9 heteroatoms. The number of rotatable bonds is 5. The van der Waals surface area contributed by atoms with Crippen LogP contribution < -0.4 is 10.1 Å². The van der Waals surface area contributed by atoms with Gasteiger partial charge in [-0.1, -0.05) is 23.2 Å². The van der Waals surface area contributed by atoms with Gasteiger partial charge in [0.1, 0.15) is 24.2 Å². The van der Waals surface area contributed by atoms with Crippen molar-refractivity contribution in [3.8, 4) is 17.4 Å². The summed E-state index contributed by atoms with van der Waals surface area (Å²) in [6.07, 6.45) is 3.14. The Hall–Kier alpha value is -3.42. The minimum atomic E-state index is -0.332. The zero-order chi connectivity index (χ0) is 22.0. The summed E-state index contributed by atoms with van der Waals surface area (Å²) >= 11 is 12.0. The first-order valence-corrected chi connectivity index (χ1v) is 10.0. The molecule has 0 fully saturated rings. The van der Waals surface area contributed by atoms with Gasteiger partial charge < -0.3 is 10.1 Å². The molecule has 0 saturated carbocycles. The quantitative estimate of drug-likeness (QED) is 0.423. The molecule has 0 aliphatic heterocycles. The largest absolute Gasteiger partial charge is 0.439 e. The van der Waals surface area contributed by atoms with Gasteiger partial charge in [0.05, 0.1) is 16.3 Å². The highest BCUT2D eigenvalue weighted by Gasteiger charge is 2.12. The van der Waals surface area contributed by atoms with E-state index in [0.717, 1.165) is 11.4 Å². The molecule has 1 N–H and O–H groups in total. The van der Waals surface area contributed by atoms with Crippen molar-refractivity contribution in [2.45, 2.75) is 13.8 Å². The number of carbonyl (C=O) groups excluding carboxylic acids is 1. The summed E-state index contributed by atoms with van der Waals surface area (Å²) in [4.78, 5) is 25.2. The van der Waals surface area contributed by atoms with Crippen LogP contribution in [0.4, 0.5) is 5.69 Å². The second kappa shape index (κ2) is 8.75. The summed E-state index contributed by atoms with van der Waals surface area (Å²) in [5.41, 5.74) is 2.85. The number of nitrogens with one attached hydrogen (secondary N) is 1. The number of anilines is 1. The molecule has 31 heavy (non-hydrogen) atoms. The minimum absolute atomic E-state index is 0.285. The average molecular weight is 454 g/mol. The van der Waals surface area contributed by atoms with Gasteiger partial charge in [0.25, 0.3) is 5.91 Å². The van der Waals surface area contributed by atoms with Gasteiger partial charge in [0, 0.05) is 22.5 Å². The Labute approximate surface area is 188 Å². The minimum Gasteiger partial charge on any atom is -0.439 e. The predicted octanol–water partition coefficient (Wildman–Crippen LogP) is 5.63. The molecule has 0 saturated heterocycles. The van der Waals surface area contributed by atoms with E-state index in [1.165, 1.54) is 12.4 Å². The van der Waals surface area contributed by atoms with Crippen LogP contribution in [0.1, 0.15) is 21.7 Å². The van der Waals surface area contributed by atoms with Crippen LogP contribution in [0.3, 0.4) is 0 Å². The molecule has 0 aliphatic carbocycles. The summed E-state index contributed by atoms with van der Waals surface area (Å²) in [7, 11) is 0. The lowest BCUT2D eigenvalue weighted by molar-refractivity contribution is 0.102. The van der Waals surface area contributed by atoms with Crippen LogP contribution in [0.25, 0.3) is 5.82 Å². The van der Waals surface area contributed by atoms with Crippen LogP contribution in [-0.4, -0.2) is 25.4 Å². The van der Waals surface area contributed by atoms with Crippen LogP contribution in [0, 0.1) is 13.8 Å². The van der Waals surface area contributed by atoms with Crippen molar-refractivity contribution >= 4 is 34.8 Å². The highest BCUT2D eigenvalue weighted by Crippen LogP contribution is 2.25. The fourth-order valence-electron chi connectivity index (χ4n) is 2.85. The average Bonchev–Trinajstić information content (AvgIpc) is 3.08. The first-order valence-electron chi connectivity index (χ1n) is 9.28. The fraction of sp³-hybridized carbons (Fsp3) is 0.0909. The Balaban J connectivity index is 1.46. The van der Waals surface area contributed by atoms with Crippen LogP contribution in [-0.2, 0) is 0 Å². The van der Waals surface area contributed by atoms with Gasteiger partial charge in [-0.25, -0.2) is 15.0 Å². The van der Waals surface area contributed by atoms with Crippen LogP contribution in [0.2, 0.25) is 10.0 Å². The Kier molecular flexibility index (Phi) is 5.88. The fourth-order valence-corrected chi connectivity index (χ4v) is 3.34. The lowest BCUT2D eigenvalue weighted by Gasteiger charge is -2.10. The molecule has 0 bridgehead atoms. The molecule has 0 spiro atoms. The van der Waals surface area contributed by atoms with E-state index < -0.39 is 0 Å². The maximum atomic E-state index is 12.4. The number of carbonyl (C=O) groups is 1. The molecule has 2 heterocycles. The van der Waals surface area contributed by atoms with Crippen LogP contribution in [0.15, 0.2) is 61.2 Å². The molecule has 7 nitrogen and oxygen atoms in total. The summed E-state index contributed by atoms with van der Waals surface area (Å²) in [6, 6.07) is 13.4. The highest BCUT2D eigenvalue weighted by molar-refractivity contribution is 6.37. The lowest BCUT2D eigenvalue weighted by Crippen LogP contribution is -2.12. The maximum Gasteiger partial charge on any atom is 0.257 e. The van der Waals surface area contributed by atoms with E-state index in [4.69, 9.17) is 27.9 Å². The molecular formula is C22H17Cl2N5O2. The summed E-state index contributed by atoms with van der Waals surface area (Å²) < 4.78 is 7.70. The van der Waals surface area contributed by atoms with E-state index in [9.17, 15) is 4.79 Å². The van der Waals surface area contributed by atoms with Crippen LogP contribution in [0.5, 0.6) is 11.6 Å². The standard InChI is InChI=1S/C22H17Cl2N5O2/c1-13-14(2)29(12-27-13)20-10-21(26-11-25-20)31-17-6-4-16(5-7-17)28-22(30)18-8-3-15(23)9-19(18)24/h3-12H,1-2H3,(H,28,30). The Morgan fingerprint density at radius 2 is 1.77 bits per heavy atom. The van der Waals surface area contributed by atoms with Crippen molar-refractivity contribution in [2.75, 3.05) is 5.32 Å². The van der Waals surface area contributed by atoms with E-state index in [0.29, 0.717) is 33.7 Å². The van der Waals surface area contributed by atoms with Crippen molar-refractivity contribution in [1.82, 2.24) is 19.5 Å². The molecule has 2 aromatic heterocycles. The third-order valence-electron chi connectivity index (χ3n) is 4.64. The lowest BCUT2D eigenvalue weighted by atomic mass is 10.2. The number of aromatic nitrogens is 4. The smallest absolute Gasteiger partial charge is 0.257 e. The Morgan fingerprint density at radius 3 is 2.45 bits per heavy atom.